The number of hydrogen-bond acceptors (Lipinski definition) is 3. The second-order valence-corrected chi connectivity index (χ2v) is 3.48. The van der Waals surface area contributed by atoms with Crippen LogP contribution in [0.4, 0.5) is 0 Å². The van der Waals surface area contributed by atoms with Crippen molar-refractivity contribution in [3.05, 3.63) is 12.2 Å². The molecule has 0 spiro atoms. The van der Waals surface area contributed by atoms with Gasteiger partial charge in [0.15, 0.2) is 0 Å². The third-order valence-electron chi connectivity index (χ3n) is 2.61. The quantitative estimate of drug-likeness (QED) is 0.731. The van der Waals surface area contributed by atoms with Crippen LogP contribution in [0.3, 0.4) is 0 Å². The van der Waals surface area contributed by atoms with E-state index in [2.05, 4.69) is 22.3 Å². The molecule has 1 aromatic rings. The summed E-state index contributed by atoms with van der Waals surface area (Å²) in [4.78, 5) is 4.32. The Balaban J connectivity index is 2.13. The van der Waals surface area contributed by atoms with E-state index in [-0.39, 0.29) is 0 Å². The van der Waals surface area contributed by atoms with Crippen molar-refractivity contribution in [2.45, 2.75) is 32.2 Å². The molecule has 0 aromatic carbocycles. The van der Waals surface area contributed by atoms with E-state index in [0.29, 0.717) is 5.92 Å². The Bertz CT molecular complexity index is 262. The van der Waals surface area contributed by atoms with Crippen molar-refractivity contribution in [3.63, 3.8) is 0 Å². The number of rotatable bonds is 2. The Labute approximate surface area is 78.4 Å². The first-order chi connectivity index (χ1) is 6.42. The Morgan fingerprint density at radius 3 is 3.31 bits per heavy atom. The van der Waals surface area contributed by atoms with Gasteiger partial charge in [0.2, 0.25) is 0 Å². The van der Waals surface area contributed by atoms with Crippen LogP contribution in [0.25, 0.3) is 0 Å². The van der Waals surface area contributed by atoms with E-state index >= 15 is 0 Å². The molecular weight excluding hydrogens is 164 g/mol. The fourth-order valence-corrected chi connectivity index (χ4v) is 1.91. The first-order valence-corrected chi connectivity index (χ1v) is 5.00. The Hall–Kier alpha value is -0.900. The smallest absolute Gasteiger partial charge is 0.138 e. The summed E-state index contributed by atoms with van der Waals surface area (Å²) in [6, 6.07) is 0. The topological polar surface area (TPSA) is 42.7 Å². The maximum Gasteiger partial charge on any atom is 0.138 e. The molecule has 0 aliphatic carbocycles. The Kier molecular flexibility index (Phi) is 2.59. The van der Waals surface area contributed by atoms with Crippen molar-refractivity contribution < 1.29 is 0 Å². The average molecular weight is 180 g/mol. The summed E-state index contributed by atoms with van der Waals surface area (Å²) in [7, 11) is 0. The van der Waals surface area contributed by atoms with Crippen LogP contribution in [-0.2, 0) is 6.54 Å². The predicted molar refractivity (Wildman–Crippen MR) is 50.5 cm³/mol. The molecule has 4 nitrogen and oxygen atoms in total. The van der Waals surface area contributed by atoms with Crippen LogP contribution in [0.15, 0.2) is 6.33 Å². The first-order valence-electron chi connectivity index (χ1n) is 5.00. The van der Waals surface area contributed by atoms with Gasteiger partial charge in [-0.15, -0.1) is 0 Å². The number of hydrogen-bond donors (Lipinski definition) is 1. The normalized spacial score (nSPS) is 23.3. The molecule has 1 N–H and O–H groups in total. The van der Waals surface area contributed by atoms with Crippen LogP contribution in [0, 0.1) is 0 Å². The van der Waals surface area contributed by atoms with Crippen molar-refractivity contribution in [2.24, 2.45) is 0 Å². The molecule has 13 heavy (non-hydrogen) atoms. The molecule has 2 heterocycles. The highest BCUT2D eigenvalue weighted by molar-refractivity contribution is 4.98. The third-order valence-corrected chi connectivity index (χ3v) is 2.61. The standard InChI is InChI=1S/C9H16N4/c1-2-13-9(11-7-12-13)8-4-3-5-10-6-8/h7-8,10H,2-6H2,1H3/t8-/m1/s1. The van der Waals surface area contributed by atoms with Crippen molar-refractivity contribution in [3.8, 4) is 0 Å². The lowest BCUT2D eigenvalue weighted by atomic mass is 9.99. The predicted octanol–water partition coefficient (Wildman–Crippen LogP) is 0.765. The summed E-state index contributed by atoms with van der Waals surface area (Å²) in [5.74, 6) is 1.71. The minimum absolute atomic E-state index is 0.566. The largest absolute Gasteiger partial charge is 0.316 e. The summed E-state index contributed by atoms with van der Waals surface area (Å²) in [6.07, 6.45) is 4.15. The zero-order chi connectivity index (χ0) is 9.10. The van der Waals surface area contributed by atoms with Crippen LogP contribution in [-0.4, -0.2) is 27.9 Å². The van der Waals surface area contributed by atoms with E-state index < -0.39 is 0 Å². The fourth-order valence-electron chi connectivity index (χ4n) is 1.91. The van der Waals surface area contributed by atoms with Gasteiger partial charge in [-0.1, -0.05) is 0 Å². The van der Waals surface area contributed by atoms with Gasteiger partial charge in [0, 0.05) is 19.0 Å². The second kappa shape index (κ2) is 3.87. The molecule has 0 saturated carbocycles. The summed E-state index contributed by atoms with van der Waals surface area (Å²) < 4.78 is 2.00. The van der Waals surface area contributed by atoms with Gasteiger partial charge in [0.05, 0.1) is 0 Å². The minimum Gasteiger partial charge on any atom is -0.316 e. The number of piperidine rings is 1. The monoisotopic (exact) mass is 180 g/mol. The molecule has 0 bridgehead atoms. The van der Waals surface area contributed by atoms with E-state index in [0.717, 1.165) is 25.5 Å². The van der Waals surface area contributed by atoms with Crippen molar-refractivity contribution in [1.29, 1.82) is 0 Å². The van der Waals surface area contributed by atoms with Gasteiger partial charge in [-0.05, 0) is 26.3 Å². The van der Waals surface area contributed by atoms with Crippen molar-refractivity contribution in [2.75, 3.05) is 13.1 Å². The SMILES string of the molecule is CCn1ncnc1[C@@H]1CCCNC1. The lowest BCUT2D eigenvalue weighted by molar-refractivity contribution is 0.426. The number of aromatic nitrogens is 3. The van der Waals surface area contributed by atoms with Gasteiger partial charge in [-0.25, -0.2) is 4.98 Å². The molecule has 1 atom stereocenters. The highest BCUT2D eigenvalue weighted by atomic mass is 15.3. The van der Waals surface area contributed by atoms with Crippen LogP contribution in [0.2, 0.25) is 0 Å². The van der Waals surface area contributed by atoms with Crippen LogP contribution in [0.5, 0.6) is 0 Å². The summed E-state index contributed by atoms with van der Waals surface area (Å²) in [5, 5.41) is 7.58. The molecule has 1 aliphatic rings. The summed E-state index contributed by atoms with van der Waals surface area (Å²) in [6.45, 7) is 5.23. The maximum absolute atomic E-state index is 4.32. The molecule has 2 rings (SSSR count). The average Bonchev–Trinajstić information content (AvgIpc) is 2.67. The van der Waals surface area contributed by atoms with Gasteiger partial charge in [-0.3, -0.25) is 4.68 Å². The molecular formula is C9H16N4. The lowest BCUT2D eigenvalue weighted by Gasteiger charge is -2.21. The molecule has 0 amide bonds. The highest BCUT2D eigenvalue weighted by Gasteiger charge is 2.19. The number of aryl methyl sites for hydroxylation is 1. The lowest BCUT2D eigenvalue weighted by Crippen LogP contribution is -2.30. The molecule has 1 aliphatic heterocycles. The van der Waals surface area contributed by atoms with Crippen molar-refractivity contribution in [1.82, 2.24) is 20.1 Å². The number of nitrogens with zero attached hydrogens (tertiary/aromatic N) is 3. The third kappa shape index (κ3) is 1.72. The molecule has 0 radical (unpaired) electrons. The fraction of sp³-hybridized carbons (Fsp3) is 0.778. The first kappa shape index (κ1) is 8.69. The van der Waals surface area contributed by atoms with Gasteiger partial charge in [0.25, 0.3) is 0 Å². The van der Waals surface area contributed by atoms with E-state index in [1.54, 1.807) is 6.33 Å². The van der Waals surface area contributed by atoms with E-state index in [4.69, 9.17) is 0 Å². The zero-order valence-corrected chi connectivity index (χ0v) is 8.03. The second-order valence-electron chi connectivity index (χ2n) is 3.48. The minimum atomic E-state index is 0.566. The maximum atomic E-state index is 4.32. The van der Waals surface area contributed by atoms with Crippen LogP contribution in [0.1, 0.15) is 31.5 Å². The number of nitrogens with one attached hydrogen (secondary N) is 1. The summed E-state index contributed by atoms with van der Waals surface area (Å²) in [5.41, 5.74) is 0. The molecule has 1 saturated heterocycles. The van der Waals surface area contributed by atoms with Gasteiger partial charge < -0.3 is 5.32 Å². The van der Waals surface area contributed by atoms with E-state index in [9.17, 15) is 0 Å². The summed E-state index contributed by atoms with van der Waals surface area (Å²) >= 11 is 0. The van der Waals surface area contributed by atoms with Gasteiger partial charge in [-0.2, -0.15) is 5.10 Å². The molecule has 72 valence electrons. The molecule has 1 fully saturated rings. The molecule has 1 aromatic heterocycles. The van der Waals surface area contributed by atoms with Crippen molar-refractivity contribution >= 4 is 0 Å². The van der Waals surface area contributed by atoms with Crippen LogP contribution < -0.4 is 5.32 Å². The highest BCUT2D eigenvalue weighted by Crippen LogP contribution is 2.20. The molecule has 4 heteroatoms. The van der Waals surface area contributed by atoms with Gasteiger partial charge in [0.1, 0.15) is 12.2 Å². The van der Waals surface area contributed by atoms with Gasteiger partial charge >= 0.3 is 0 Å². The van der Waals surface area contributed by atoms with E-state index in [1.165, 1.54) is 12.8 Å². The molecule has 0 unspecified atom stereocenters. The zero-order valence-electron chi connectivity index (χ0n) is 8.03. The van der Waals surface area contributed by atoms with Crippen LogP contribution >= 0.6 is 0 Å². The Morgan fingerprint density at radius 1 is 1.69 bits per heavy atom. The van der Waals surface area contributed by atoms with E-state index in [1.807, 2.05) is 4.68 Å². The Morgan fingerprint density at radius 2 is 2.62 bits per heavy atom.